The lowest BCUT2D eigenvalue weighted by atomic mass is 10.2. The molecule has 1 atom stereocenters. The number of benzene rings is 1. The molecular weight excluding hydrogens is 342 g/mol. The molecule has 1 rings (SSSR count). The number of hydrogen-bond acceptors (Lipinski definition) is 5. The summed E-state index contributed by atoms with van der Waals surface area (Å²) in [4.78, 5) is 21.9. The highest BCUT2D eigenvalue weighted by atomic mass is 79.9. The maximum absolute atomic E-state index is 11.7. The van der Waals surface area contributed by atoms with E-state index in [1.54, 1.807) is 20.1 Å². The van der Waals surface area contributed by atoms with Crippen LogP contribution in [0, 0.1) is 10.1 Å². The van der Waals surface area contributed by atoms with Crippen LogP contribution in [0.1, 0.15) is 12.5 Å². The van der Waals surface area contributed by atoms with Crippen LogP contribution in [-0.4, -0.2) is 37.1 Å². The summed E-state index contributed by atoms with van der Waals surface area (Å²) in [5, 5.41) is 16.4. The number of halogens is 1. The highest BCUT2D eigenvalue weighted by Gasteiger charge is 2.13. The third-order valence-electron chi connectivity index (χ3n) is 2.84. The van der Waals surface area contributed by atoms with E-state index in [4.69, 9.17) is 4.74 Å². The highest BCUT2D eigenvalue weighted by molar-refractivity contribution is 9.10. The van der Waals surface area contributed by atoms with Crippen molar-refractivity contribution in [3.05, 3.63) is 38.3 Å². The Hall–Kier alpha value is -1.51. The Kier molecular flexibility index (Phi) is 7.27. The van der Waals surface area contributed by atoms with Crippen LogP contribution in [0.3, 0.4) is 0 Å². The second-order valence-corrected chi connectivity index (χ2v) is 5.27. The molecule has 7 nitrogen and oxygen atoms in total. The monoisotopic (exact) mass is 359 g/mol. The Balaban J connectivity index is 2.51. The van der Waals surface area contributed by atoms with E-state index in [1.807, 2.05) is 0 Å². The number of hydrogen-bond donors (Lipinski definition) is 2. The lowest BCUT2D eigenvalue weighted by Gasteiger charge is -2.14. The zero-order chi connectivity index (χ0) is 15.8. The van der Waals surface area contributed by atoms with E-state index < -0.39 is 4.92 Å². The third-order valence-corrected chi connectivity index (χ3v) is 3.58. The molecule has 0 aliphatic carbocycles. The molecule has 1 aromatic carbocycles. The fraction of sp³-hybridized carbons (Fsp3) is 0.462. The van der Waals surface area contributed by atoms with Gasteiger partial charge in [-0.25, -0.2) is 0 Å². The molecule has 1 aromatic rings. The fourth-order valence-corrected chi connectivity index (χ4v) is 2.09. The largest absolute Gasteiger partial charge is 0.383 e. The van der Waals surface area contributed by atoms with Crippen LogP contribution in [0.2, 0.25) is 0 Å². The smallest absolute Gasteiger partial charge is 0.270 e. The second-order valence-electron chi connectivity index (χ2n) is 4.42. The number of nitrogens with one attached hydrogen (secondary N) is 2. The van der Waals surface area contributed by atoms with Gasteiger partial charge in [-0.1, -0.05) is 15.9 Å². The Morgan fingerprint density at radius 2 is 2.24 bits per heavy atom. The quantitative estimate of drug-likeness (QED) is 0.417. The van der Waals surface area contributed by atoms with Crippen molar-refractivity contribution in [2.24, 2.45) is 0 Å². The number of nitrogens with zero attached hydrogens (tertiary/aromatic N) is 1. The fourth-order valence-electron chi connectivity index (χ4n) is 1.58. The third kappa shape index (κ3) is 5.78. The highest BCUT2D eigenvalue weighted by Crippen LogP contribution is 2.22. The summed E-state index contributed by atoms with van der Waals surface area (Å²) in [6.45, 7) is 3.10. The summed E-state index contributed by atoms with van der Waals surface area (Å²) >= 11 is 3.29. The summed E-state index contributed by atoms with van der Waals surface area (Å²) in [6, 6.07) is 4.17. The van der Waals surface area contributed by atoms with Gasteiger partial charge in [0.1, 0.15) is 0 Å². The zero-order valence-electron chi connectivity index (χ0n) is 11.9. The maximum Gasteiger partial charge on any atom is 0.270 e. The molecule has 0 heterocycles. The molecular formula is C13H18BrN3O4. The van der Waals surface area contributed by atoms with Crippen LogP contribution in [-0.2, 0) is 16.1 Å². The molecule has 0 saturated carbocycles. The van der Waals surface area contributed by atoms with Crippen LogP contribution in [0.5, 0.6) is 0 Å². The Morgan fingerprint density at radius 1 is 1.52 bits per heavy atom. The van der Waals surface area contributed by atoms with Crippen molar-refractivity contribution < 1.29 is 14.5 Å². The molecule has 2 N–H and O–H groups in total. The minimum atomic E-state index is -0.451. The molecule has 0 radical (unpaired) electrons. The van der Waals surface area contributed by atoms with Crippen molar-refractivity contribution >= 4 is 27.5 Å². The molecule has 1 unspecified atom stereocenters. The molecule has 0 aliphatic heterocycles. The van der Waals surface area contributed by atoms with E-state index in [9.17, 15) is 14.9 Å². The van der Waals surface area contributed by atoms with Gasteiger partial charge in [0.2, 0.25) is 5.91 Å². The zero-order valence-corrected chi connectivity index (χ0v) is 13.5. The van der Waals surface area contributed by atoms with Gasteiger partial charge in [0, 0.05) is 36.8 Å². The van der Waals surface area contributed by atoms with Gasteiger partial charge in [-0.05, 0) is 18.6 Å². The van der Waals surface area contributed by atoms with Crippen LogP contribution < -0.4 is 10.6 Å². The summed E-state index contributed by atoms with van der Waals surface area (Å²) in [5.41, 5.74) is 0.869. The van der Waals surface area contributed by atoms with Gasteiger partial charge in [0.05, 0.1) is 17.6 Å². The van der Waals surface area contributed by atoms with Gasteiger partial charge < -0.3 is 15.4 Å². The van der Waals surface area contributed by atoms with Crippen molar-refractivity contribution in [2.75, 3.05) is 20.3 Å². The number of carbonyl (C=O) groups is 1. The lowest BCUT2D eigenvalue weighted by Crippen LogP contribution is -2.42. The number of amides is 1. The van der Waals surface area contributed by atoms with E-state index in [1.165, 1.54) is 12.1 Å². The van der Waals surface area contributed by atoms with Crippen molar-refractivity contribution in [1.29, 1.82) is 0 Å². The molecule has 0 bridgehead atoms. The van der Waals surface area contributed by atoms with Crippen molar-refractivity contribution in [3.8, 4) is 0 Å². The number of methoxy groups -OCH3 is 1. The molecule has 0 fully saturated rings. The average Bonchev–Trinajstić information content (AvgIpc) is 2.45. The van der Waals surface area contributed by atoms with Crippen LogP contribution in [0.4, 0.5) is 5.69 Å². The molecule has 116 valence electrons. The van der Waals surface area contributed by atoms with Gasteiger partial charge in [0.25, 0.3) is 5.69 Å². The minimum absolute atomic E-state index is 0.0241. The summed E-state index contributed by atoms with van der Waals surface area (Å²) < 4.78 is 5.49. The topological polar surface area (TPSA) is 93.5 Å². The van der Waals surface area contributed by atoms with E-state index in [-0.39, 0.29) is 17.6 Å². The van der Waals surface area contributed by atoms with E-state index >= 15 is 0 Å². The van der Waals surface area contributed by atoms with E-state index in [2.05, 4.69) is 26.6 Å². The average molecular weight is 360 g/mol. The Bertz CT molecular complexity index is 510. The molecule has 0 spiro atoms. The predicted octanol–water partition coefficient (Wildman–Crippen LogP) is 1.60. The van der Waals surface area contributed by atoms with E-state index in [0.717, 1.165) is 5.56 Å². The van der Waals surface area contributed by atoms with Gasteiger partial charge in [-0.2, -0.15) is 0 Å². The molecule has 0 saturated heterocycles. The van der Waals surface area contributed by atoms with Crippen molar-refractivity contribution in [1.82, 2.24) is 10.6 Å². The first kappa shape index (κ1) is 17.5. The standard InChI is InChI=1S/C13H18BrN3O4/c1-9(13(18)15-5-6-21-2)16-8-10-3-4-11(17(19)20)7-12(10)14/h3-4,7,9,16H,5-6,8H2,1-2H3,(H,15,18). The summed E-state index contributed by atoms with van der Waals surface area (Å²) in [7, 11) is 1.57. The number of nitro groups is 1. The number of ether oxygens (including phenoxy) is 1. The molecule has 21 heavy (non-hydrogen) atoms. The number of nitro benzene ring substituents is 1. The minimum Gasteiger partial charge on any atom is -0.383 e. The van der Waals surface area contributed by atoms with Crippen LogP contribution in [0.25, 0.3) is 0 Å². The first-order chi connectivity index (χ1) is 9.95. The number of non-ortho nitro benzene ring substituents is 1. The van der Waals surface area contributed by atoms with Gasteiger partial charge >= 0.3 is 0 Å². The Morgan fingerprint density at radius 3 is 2.81 bits per heavy atom. The van der Waals surface area contributed by atoms with Gasteiger partial charge in [-0.3, -0.25) is 14.9 Å². The lowest BCUT2D eigenvalue weighted by molar-refractivity contribution is -0.384. The summed E-state index contributed by atoms with van der Waals surface area (Å²) in [6.07, 6.45) is 0. The molecule has 0 aromatic heterocycles. The number of rotatable bonds is 8. The van der Waals surface area contributed by atoms with Crippen LogP contribution in [0.15, 0.2) is 22.7 Å². The van der Waals surface area contributed by atoms with Crippen molar-refractivity contribution in [3.63, 3.8) is 0 Å². The molecule has 1 amide bonds. The molecule has 8 heteroatoms. The molecule has 0 aliphatic rings. The second kappa shape index (κ2) is 8.71. The normalized spacial score (nSPS) is 12.0. The SMILES string of the molecule is COCCNC(=O)C(C)NCc1ccc([N+](=O)[O-])cc1Br. The van der Waals surface area contributed by atoms with E-state index in [0.29, 0.717) is 24.2 Å². The van der Waals surface area contributed by atoms with Crippen molar-refractivity contribution in [2.45, 2.75) is 19.5 Å². The Labute approximate surface area is 131 Å². The first-order valence-electron chi connectivity index (χ1n) is 6.38. The predicted molar refractivity (Wildman–Crippen MR) is 82.0 cm³/mol. The number of carbonyl (C=O) groups excluding carboxylic acids is 1. The van der Waals surface area contributed by atoms with Gasteiger partial charge in [-0.15, -0.1) is 0 Å². The summed E-state index contributed by atoms with van der Waals surface area (Å²) in [5.74, 6) is -0.120. The first-order valence-corrected chi connectivity index (χ1v) is 7.18. The maximum atomic E-state index is 11.7. The van der Waals surface area contributed by atoms with Gasteiger partial charge in [0.15, 0.2) is 0 Å². The van der Waals surface area contributed by atoms with Crippen LogP contribution >= 0.6 is 15.9 Å².